The average Bonchev–Trinajstić information content (AvgIpc) is 2.36. The Balaban J connectivity index is 2.88. The number of hydrogen-bond donors (Lipinski definition) is 2. The lowest BCUT2D eigenvalue weighted by atomic mass is 9.98. The fourth-order valence-corrected chi connectivity index (χ4v) is 1.96. The van der Waals surface area contributed by atoms with Crippen LogP contribution >= 0.6 is 0 Å². The SMILES string of the molecule is CCCC(C)(C)NC(=O)c1ccc(C#CCO)c(F)c1. The number of benzene rings is 1. The molecule has 0 heterocycles. The maximum absolute atomic E-state index is 13.8. The van der Waals surface area contributed by atoms with Gasteiger partial charge in [0.2, 0.25) is 0 Å². The molecule has 20 heavy (non-hydrogen) atoms. The van der Waals surface area contributed by atoms with Gasteiger partial charge in [-0.25, -0.2) is 4.39 Å². The first-order valence-corrected chi connectivity index (χ1v) is 6.61. The van der Waals surface area contributed by atoms with Crippen LogP contribution in [0.25, 0.3) is 0 Å². The molecule has 1 aromatic carbocycles. The molecule has 0 bridgehead atoms. The van der Waals surface area contributed by atoms with Crippen molar-refractivity contribution in [1.29, 1.82) is 0 Å². The number of hydrogen-bond acceptors (Lipinski definition) is 2. The van der Waals surface area contributed by atoms with Crippen molar-refractivity contribution >= 4 is 5.91 Å². The van der Waals surface area contributed by atoms with Gasteiger partial charge in [0, 0.05) is 11.1 Å². The number of amides is 1. The molecule has 0 aliphatic carbocycles. The Hall–Kier alpha value is -1.86. The van der Waals surface area contributed by atoms with Crippen LogP contribution in [0.1, 0.15) is 49.5 Å². The number of halogens is 1. The minimum Gasteiger partial charge on any atom is -0.384 e. The summed E-state index contributed by atoms with van der Waals surface area (Å²) < 4.78 is 13.8. The average molecular weight is 277 g/mol. The molecule has 0 radical (unpaired) electrons. The maximum atomic E-state index is 13.8. The zero-order valence-electron chi connectivity index (χ0n) is 12.1. The topological polar surface area (TPSA) is 49.3 Å². The van der Waals surface area contributed by atoms with E-state index in [0.717, 1.165) is 12.8 Å². The Morgan fingerprint density at radius 1 is 1.45 bits per heavy atom. The first-order valence-electron chi connectivity index (χ1n) is 6.61. The fraction of sp³-hybridized carbons (Fsp3) is 0.438. The number of carbonyl (C=O) groups excluding carboxylic acids is 1. The third kappa shape index (κ3) is 4.67. The Bertz CT molecular complexity index is 541. The highest BCUT2D eigenvalue weighted by atomic mass is 19.1. The minimum absolute atomic E-state index is 0.170. The van der Waals surface area contributed by atoms with Crippen molar-refractivity contribution < 1.29 is 14.3 Å². The van der Waals surface area contributed by atoms with Gasteiger partial charge in [0.1, 0.15) is 12.4 Å². The minimum atomic E-state index is -0.563. The van der Waals surface area contributed by atoms with Crippen molar-refractivity contribution in [3.8, 4) is 11.8 Å². The van der Waals surface area contributed by atoms with E-state index in [2.05, 4.69) is 17.2 Å². The molecule has 1 aromatic rings. The molecule has 3 nitrogen and oxygen atoms in total. The molecule has 4 heteroatoms. The van der Waals surface area contributed by atoms with Gasteiger partial charge in [0.05, 0.1) is 5.56 Å². The number of nitrogens with one attached hydrogen (secondary N) is 1. The van der Waals surface area contributed by atoms with Crippen molar-refractivity contribution in [3.63, 3.8) is 0 Å². The van der Waals surface area contributed by atoms with Crippen molar-refractivity contribution in [2.75, 3.05) is 6.61 Å². The Kier molecular flexibility index (Phi) is 5.72. The molecular weight excluding hydrogens is 257 g/mol. The van der Waals surface area contributed by atoms with Crippen LogP contribution in [0, 0.1) is 17.7 Å². The van der Waals surface area contributed by atoms with Crippen molar-refractivity contribution in [1.82, 2.24) is 5.32 Å². The van der Waals surface area contributed by atoms with E-state index in [4.69, 9.17) is 5.11 Å². The fourth-order valence-electron chi connectivity index (χ4n) is 1.96. The van der Waals surface area contributed by atoms with Crippen LogP contribution in [0.2, 0.25) is 0 Å². The van der Waals surface area contributed by atoms with Crippen LogP contribution < -0.4 is 5.32 Å². The van der Waals surface area contributed by atoms with Gasteiger partial charge in [-0.1, -0.05) is 25.2 Å². The van der Waals surface area contributed by atoms with Crippen LogP contribution in [0.15, 0.2) is 18.2 Å². The zero-order chi connectivity index (χ0) is 15.2. The summed E-state index contributed by atoms with van der Waals surface area (Å²) in [5, 5.41) is 11.5. The van der Waals surface area contributed by atoms with E-state index >= 15 is 0 Å². The zero-order valence-corrected chi connectivity index (χ0v) is 12.1. The van der Waals surface area contributed by atoms with Gasteiger partial charge in [-0.3, -0.25) is 4.79 Å². The highest BCUT2D eigenvalue weighted by molar-refractivity contribution is 5.94. The molecule has 0 aliphatic heterocycles. The molecule has 2 N–H and O–H groups in total. The lowest BCUT2D eigenvalue weighted by molar-refractivity contribution is 0.0908. The Labute approximate surface area is 119 Å². The summed E-state index contributed by atoms with van der Waals surface area (Å²) in [6, 6.07) is 4.14. The molecule has 108 valence electrons. The Morgan fingerprint density at radius 2 is 2.15 bits per heavy atom. The molecule has 0 aromatic heterocycles. The van der Waals surface area contributed by atoms with E-state index in [9.17, 15) is 9.18 Å². The Morgan fingerprint density at radius 3 is 2.70 bits per heavy atom. The highest BCUT2D eigenvalue weighted by Crippen LogP contribution is 2.14. The van der Waals surface area contributed by atoms with Gasteiger partial charge >= 0.3 is 0 Å². The first-order chi connectivity index (χ1) is 9.39. The number of carbonyl (C=O) groups is 1. The summed E-state index contributed by atoms with van der Waals surface area (Å²) >= 11 is 0. The van der Waals surface area contributed by atoms with E-state index in [1.807, 2.05) is 20.8 Å². The molecule has 0 fully saturated rings. The summed E-state index contributed by atoms with van der Waals surface area (Å²) in [7, 11) is 0. The summed E-state index contributed by atoms with van der Waals surface area (Å²) in [5.41, 5.74) is 0.113. The van der Waals surface area contributed by atoms with Crippen LogP contribution in [0.5, 0.6) is 0 Å². The third-order valence-corrected chi connectivity index (χ3v) is 2.86. The smallest absolute Gasteiger partial charge is 0.251 e. The standard InChI is InChI=1S/C16H20FNO2/c1-4-9-16(2,3)18-15(20)13-8-7-12(6-5-10-19)14(17)11-13/h7-8,11,19H,4,9-10H2,1-3H3,(H,18,20). The molecule has 1 rings (SSSR count). The second-order valence-corrected chi connectivity index (χ2v) is 5.24. The number of aliphatic hydroxyl groups is 1. The molecule has 0 saturated heterocycles. The quantitative estimate of drug-likeness (QED) is 0.831. The third-order valence-electron chi connectivity index (χ3n) is 2.86. The van der Waals surface area contributed by atoms with Gasteiger partial charge in [0.15, 0.2) is 0 Å². The summed E-state index contributed by atoms with van der Waals surface area (Å²) in [5.74, 6) is 4.00. The van der Waals surface area contributed by atoms with Crippen LogP contribution in [-0.4, -0.2) is 23.2 Å². The second-order valence-electron chi connectivity index (χ2n) is 5.24. The van der Waals surface area contributed by atoms with Gasteiger partial charge in [-0.15, -0.1) is 0 Å². The number of rotatable bonds is 4. The van der Waals surface area contributed by atoms with E-state index in [0.29, 0.717) is 0 Å². The highest BCUT2D eigenvalue weighted by Gasteiger charge is 2.20. The molecule has 0 aliphatic rings. The van der Waals surface area contributed by atoms with Gasteiger partial charge in [-0.05, 0) is 38.5 Å². The maximum Gasteiger partial charge on any atom is 0.251 e. The van der Waals surface area contributed by atoms with E-state index in [1.165, 1.54) is 18.2 Å². The van der Waals surface area contributed by atoms with Gasteiger partial charge in [-0.2, -0.15) is 0 Å². The van der Waals surface area contributed by atoms with Crippen molar-refractivity contribution in [2.45, 2.75) is 39.2 Å². The van der Waals surface area contributed by atoms with E-state index in [1.54, 1.807) is 0 Å². The monoisotopic (exact) mass is 277 g/mol. The van der Waals surface area contributed by atoms with Gasteiger partial charge in [0.25, 0.3) is 5.91 Å². The van der Waals surface area contributed by atoms with Crippen molar-refractivity contribution in [2.24, 2.45) is 0 Å². The molecule has 0 spiro atoms. The number of aliphatic hydroxyl groups excluding tert-OH is 1. The predicted octanol–water partition coefficient (Wildman–Crippen LogP) is 2.48. The van der Waals surface area contributed by atoms with Crippen molar-refractivity contribution in [3.05, 3.63) is 35.1 Å². The summed E-state index contributed by atoms with van der Waals surface area (Å²) in [6.07, 6.45) is 1.80. The molecule has 0 atom stereocenters. The molecule has 1 amide bonds. The predicted molar refractivity (Wildman–Crippen MR) is 76.8 cm³/mol. The largest absolute Gasteiger partial charge is 0.384 e. The van der Waals surface area contributed by atoms with Crippen LogP contribution in [0.4, 0.5) is 4.39 Å². The normalized spacial score (nSPS) is 10.7. The first kappa shape index (κ1) is 16.2. The molecular formula is C16H20FNO2. The molecule has 0 unspecified atom stereocenters. The second kappa shape index (κ2) is 7.06. The van der Waals surface area contributed by atoms with Gasteiger partial charge < -0.3 is 10.4 Å². The molecule has 0 saturated carbocycles. The van der Waals surface area contributed by atoms with E-state index < -0.39 is 5.82 Å². The van der Waals surface area contributed by atoms with Crippen LogP contribution in [0.3, 0.4) is 0 Å². The van der Waals surface area contributed by atoms with E-state index in [-0.39, 0.29) is 29.2 Å². The lowest BCUT2D eigenvalue weighted by Gasteiger charge is -2.25. The lowest BCUT2D eigenvalue weighted by Crippen LogP contribution is -2.43. The summed E-state index contributed by atoms with van der Waals surface area (Å²) in [6.45, 7) is 5.59. The summed E-state index contributed by atoms with van der Waals surface area (Å²) in [4.78, 5) is 12.1. The van der Waals surface area contributed by atoms with Crippen LogP contribution in [-0.2, 0) is 0 Å².